The van der Waals surface area contributed by atoms with Crippen molar-refractivity contribution in [2.24, 2.45) is 11.7 Å². The first-order valence-electron chi connectivity index (χ1n) is 5.07. The quantitative estimate of drug-likeness (QED) is 0.689. The standard InChI is InChI=1S/C10H19NO/c11-10(12)8-4-7-9-5-2-1-3-6-9/h9H,1-8H2,(H2,11,12). The van der Waals surface area contributed by atoms with Crippen LogP contribution >= 0.6 is 0 Å². The van der Waals surface area contributed by atoms with Crippen molar-refractivity contribution >= 4 is 5.91 Å². The Morgan fingerprint density at radius 1 is 1.25 bits per heavy atom. The molecular formula is C10H19NO. The van der Waals surface area contributed by atoms with E-state index in [1.54, 1.807) is 0 Å². The molecule has 0 spiro atoms. The van der Waals surface area contributed by atoms with Gasteiger partial charge in [-0.2, -0.15) is 0 Å². The van der Waals surface area contributed by atoms with Crippen LogP contribution in [0.3, 0.4) is 0 Å². The van der Waals surface area contributed by atoms with Crippen LogP contribution in [0.4, 0.5) is 0 Å². The van der Waals surface area contributed by atoms with E-state index in [2.05, 4.69) is 0 Å². The molecule has 0 saturated heterocycles. The number of carbonyl (C=O) groups excluding carboxylic acids is 1. The second-order valence-electron chi connectivity index (χ2n) is 3.86. The summed E-state index contributed by atoms with van der Waals surface area (Å²) in [5, 5.41) is 0. The third-order valence-corrected chi connectivity index (χ3v) is 2.76. The fourth-order valence-corrected chi connectivity index (χ4v) is 2.04. The Balaban J connectivity index is 2.01. The highest BCUT2D eigenvalue weighted by molar-refractivity contribution is 5.73. The molecule has 12 heavy (non-hydrogen) atoms. The van der Waals surface area contributed by atoms with Crippen molar-refractivity contribution in [1.82, 2.24) is 0 Å². The number of primary amides is 1. The van der Waals surface area contributed by atoms with Crippen LogP contribution in [0.15, 0.2) is 0 Å². The number of hydrogen-bond donors (Lipinski definition) is 1. The van der Waals surface area contributed by atoms with Crippen molar-refractivity contribution in [2.45, 2.75) is 51.4 Å². The Bertz CT molecular complexity index is 139. The second kappa shape index (κ2) is 5.18. The van der Waals surface area contributed by atoms with E-state index in [-0.39, 0.29) is 5.91 Å². The van der Waals surface area contributed by atoms with Gasteiger partial charge in [-0.15, -0.1) is 0 Å². The highest BCUT2D eigenvalue weighted by Gasteiger charge is 2.12. The molecule has 70 valence electrons. The number of amides is 1. The Morgan fingerprint density at radius 2 is 1.92 bits per heavy atom. The summed E-state index contributed by atoms with van der Waals surface area (Å²) in [4.78, 5) is 10.5. The summed E-state index contributed by atoms with van der Waals surface area (Å²) in [7, 11) is 0. The first-order valence-corrected chi connectivity index (χ1v) is 5.07. The average Bonchev–Trinajstić information content (AvgIpc) is 2.05. The van der Waals surface area contributed by atoms with Crippen molar-refractivity contribution in [1.29, 1.82) is 0 Å². The number of nitrogens with two attached hydrogens (primary N) is 1. The average molecular weight is 169 g/mol. The summed E-state index contributed by atoms with van der Waals surface area (Å²) in [5.74, 6) is 0.740. The Hall–Kier alpha value is -0.530. The molecule has 1 aliphatic rings. The Labute approximate surface area is 74.5 Å². The zero-order chi connectivity index (χ0) is 8.81. The summed E-state index contributed by atoms with van der Waals surface area (Å²) < 4.78 is 0. The molecule has 1 saturated carbocycles. The van der Waals surface area contributed by atoms with Gasteiger partial charge in [0.1, 0.15) is 0 Å². The topological polar surface area (TPSA) is 43.1 Å². The van der Waals surface area contributed by atoms with Gasteiger partial charge in [-0.1, -0.05) is 32.1 Å². The van der Waals surface area contributed by atoms with Crippen LogP contribution in [0.1, 0.15) is 51.4 Å². The SMILES string of the molecule is NC(=O)CCCC1CCCCC1. The third kappa shape index (κ3) is 3.74. The molecule has 1 fully saturated rings. The molecule has 0 aromatic rings. The van der Waals surface area contributed by atoms with E-state index in [1.165, 1.54) is 38.5 Å². The first kappa shape index (κ1) is 9.56. The van der Waals surface area contributed by atoms with Gasteiger partial charge >= 0.3 is 0 Å². The maximum atomic E-state index is 10.5. The van der Waals surface area contributed by atoms with Crippen LogP contribution in [-0.2, 0) is 4.79 Å². The molecule has 0 heterocycles. The lowest BCUT2D eigenvalue weighted by molar-refractivity contribution is -0.118. The van der Waals surface area contributed by atoms with Gasteiger partial charge in [-0.3, -0.25) is 4.79 Å². The highest BCUT2D eigenvalue weighted by Crippen LogP contribution is 2.27. The van der Waals surface area contributed by atoms with E-state index < -0.39 is 0 Å². The minimum atomic E-state index is -0.147. The molecule has 0 atom stereocenters. The van der Waals surface area contributed by atoms with Crippen molar-refractivity contribution in [3.8, 4) is 0 Å². The van der Waals surface area contributed by atoms with E-state index >= 15 is 0 Å². The fraction of sp³-hybridized carbons (Fsp3) is 0.900. The fourth-order valence-electron chi connectivity index (χ4n) is 2.04. The molecule has 0 unspecified atom stereocenters. The van der Waals surface area contributed by atoms with Crippen molar-refractivity contribution in [3.63, 3.8) is 0 Å². The van der Waals surface area contributed by atoms with Gasteiger partial charge in [0.25, 0.3) is 0 Å². The molecule has 0 aliphatic heterocycles. The van der Waals surface area contributed by atoms with Crippen LogP contribution in [0.5, 0.6) is 0 Å². The lowest BCUT2D eigenvalue weighted by Gasteiger charge is -2.20. The van der Waals surface area contributed by atoms with Gasteiger partial charge in [-0.05, 0) is 18.8 Å². The second-order valence-corrected chi connectivity index (χ2v) is 3.86. The minimum absolute atomic E-state index is 0.147. The van der Waals surface area contributed by atoms with Crippen LogP contribution in [0.25, 0.3) is 0 Å². The van der Waals surface area contributed by atoms with E-state index in [0.717, 1.165) is 12.3 Å². The molecule has 1 rings (SSSR count). The predicted molar refractivity (Wildman–Crippen MR) is 49.6 cm³/mol. The largest absolute Gasteiger partial charge is 0.370 e. The zero-order valence-electron chi connectivity index (χ0n) is 7.72. The molecule has 2 N–H and O–H groups in total. The molecule has 0 aromatic carbocycles. The maximum Gasteiger partial charge on any atom is 0.217 e. The Kier molecular flexibility index (Phi) is 4.12. The molecule has 1 aliphatic carbocycles. The van der Waals surface area contributed by atoms with Gasteiger partial charge in [0.15, 0.2) is 0 Å². The van der Waals surface area contributed by atoms with E-state index in [9.17, 15) is 4.79 Å². The number of rotatable bonds is 4. The van der Waals surface area contributed by atoms with Crippen molar-refractivity contribution in [2.75, 3.05) is 0 Å². The first-order chi connectivity index (χ1) is 5.79. The highest BCUT2D eigenvalue weighted by atomic mass is 16.1. The van der Waals surface area contributed by atoms with Crippen LogP contribution in [0, 0.1) is 5.92 Å². The van der Waals surface area contributed by atoms with E-state index in [4.69, 9.17) is 5.73 Å². The smallest absolute Gasteiger partial charge is 0.217 e. The third-order valence-electron chi connectivity index (χ3n) is 2.76. The van der Waals surface area contributed by atoms with Crippen LogP contribution in [-0.4, -0.2) is 5.91 Å². The predicted octanol–water partition coefficient (Wildman–Crippen LogP) is 2.22. The van der Waals surface area contributed by atoms with E-state index in [1.807, 2.05) is 0 Å². The summed E-state index contributed by atoms with van der Waals surface area (Å²) in [6.07, 6.45) is 9.73. The molecule has 2 nitrogen and oxygen atoms in total. The van der Waals surface area contributed by atoms with Crippen LogP contribution < -0.4 is 5.73 Å². The van der Waals surface area contributed by atoms with Gasteiger partial charge in [0.2, 0.25) is 5.91 Å². The molecule has 2 heteroatoms. The zero-order valence-corrected chi connectivity index (χ0v) is 7.72. The molecule has 0 radical (unpaired) electrons. The van der Waals surface area contributed by atoms with Crippen molar-refractivity contribution in [3.05, 3.63) is 0 Å². The van der Waals surface area contributed by atoms with Gasteiger partial charge in [-0.25, -0.2) is 0 Å². The lowest BCUT2D eigenvalue weighted by Crippen LogP contribution is -2.12. The molecular weight excluding hydrogens is 150 g/mol. The summed E-state index contributed by atoms with van der Waals surface area (Å²) in [6, 6.07) is 0. The lowest BCUT2D eigenvalue weighted by atomic mass is 9.86. The number of hydrogen-bond acceptors (Lipinski definition) is 1. The van der Waals surface area contributed by atoms with Crippen LogP contribution in [0.2, 0.25) is 0 Å². The van der Waals surface area contributed by atoms with Gasteiger partial charge < -0.3 is 5.73 Å². The minimum Gasteiger partial charge on any atom is -0.370 e. The molecule has 1 amide bonds. The van der Waals surface area contributed by atoms with Crippen molar-refractivity contribution < 1.29 is 4.79 Å². The monoisotopic (exact) mass is 169 g/mol. The van der Waals surface area contributed by atoms with E-state index in [0.29, 0.717) is 6.42 Å². The molecule has 0 aromatic heterocycles. The molecule has 0 bridgehead atoms. The summed E-state index contributed by atoms with van der Waals surface area (Å²) in [5.41, 5.74) is 5.07. The normalized spacial score (nSPS) is 19.3. The maximum absolute atomic E-state index is 10.5. The Morgan fingerprint density at radius 3 is 2.50 bits per heavy atom. The summed E-state index contributed by atoms with van der Waals surface area (Å²) in [6.45, 7) is 0. The van der Waals surface area contributed by atoms with Gasteiger partial charge in [0.05, 0.1) is 0 Å². The number of carbonyl (C=O) groups is 1. The summed E-state index contributed by atoms with van der Waals surface area (Å²) >= 11 is 0. The van der Waals surface area contributed by atoms with Gasteiger partial charge in [0, 0.05) is 6.42 Å².